The van der Waals surface area contributed by atoms with Gasteiger partial charge in [-0.25, -0.2) is 0 Å². The zero-order chi connectivity index (χ0) is 10.3. The summed E-state index contributed by atoms with van der Waals surface area (Å²) in [6, 6.07) is 0. The molecule has 0 amide bonds. The molecule has 0 bridgehead atoms. The van der Waals surface area contributed by atoms with Gasteiger partial charge in [0, 0.05) is 0 Å². The molecule has 0 radical (unpaired) electrons. The highest BCUT2D eigenvalue weighted by Gasteiger charge is 2.32. The van der Waals surface area contributed by atoms with Crippen molar-refractivity contribution in [2.45, 2.75) is 31.3 Å². The Hall–Kier alpha value is 0.730. The summed E-state index contributed by atoms with van der Waals surface area (Å²) in [5.41, 5.74) is 0. The van der Waals surface area contributed by atoms with Gasteiger partial charge in [-0.05, 0) is 12.8 Å². The minimum absolute atomic E-state index is 0.344. The summed E-state index contributed by atoms with van der Waals surface area (Å²) in [5, 5.41) is 0. The predicted molar refractivity (Wildman–Crippen MR) is 55.6 cm³/mol. The Morgan fingerprint density at radius 2 is 1.54 bits per heavy atom. The molecular formula is C7H15Cl2O3P. The average molecular weight is 249 g/mol. The van der Waals surface area contributed by atoms with Crippen molar-refractivity contribution >= 4 is 30.8 Å². The van der Waals surface area contributed by atoms with E-state index in [0.717, 1.165) is 12.8 Å². The summed E-state index contributed by atoms with van der Waals surface area (Å²) >= 11 is 11.0. The van der Waals surface area contributed by atoms with Crippen molar-refractivity contribution < 1.29 is 13.6 Å². The SMILES string of the molecule is CCCOP(=O)(OCCC)C(Cl)Cl. The third-order valence-corrected chi connectivity index (χ3v) is 4.19. The van der Waals surface area contributed by atoms with E-state index in [0.29, 0.717) is 13.2 Å². The number of alkyl halides is 2. The molecule has 0 aromatic carbocycles. The highest BCUT2D eigenvalue weighted by molar-refractivity contribution is 7.58. The second kappa shape index (κ2) is 7.08. The van der Waals surface area contributed by atoms with Gasteiger partial charge in [0.25, 0.3) is 0 Å². The van der Waals surface area contributed by atoms with E-state index < -0.39 is 12.2 Å². The van der Waals surface area contributed by atoms with Crippen LogP contribution in [0.3, 0.4) is 0 Å². The summed E-state index contributed by atoms with van der Waals surface area (Å²) in [7, 11) is -3.29. The average Bonchev–Trinajstić information content (AvgIpc) is 2.11. The maximum atomic E-state index is 11.7. The minimum Gasteiger partial charge on any atom is -0.307 e. The van der Waals surface area contributed by atoms with E-state index in [1.807, 2.05) is 13.8 Å². The smallest absolute Gasteiger partial charge is 0.307 e. The third kappa shape index (κ3) is 5.24. The van der Waals surface area contributed by atoms with Crippen molar-refractivity contribution in [2.24, 2.45) is 0 Å². The monoisotopic (exact) mass is 248 g/mol. The fourth-order valence-corrected chi connectivity index (χ4v) is 2.44. The first-order valence-electron chi connectivity index (χ1n) is 4.23. The van der Waals surface area contributed by atoms with Gasteiger partial charge in [-0.3, -0.25) is 4.57 Å². The lowest BCUT2D eigenvalue weighted by Crippen LogP contribution is -2.03. The van der Waals surface area contributed by atoms with Crippen LogP contribution in [-0.2, 0) is 13.6 Å². The lowest BCUT2D eigenvalue weighted by Gasteiger charge is -2.18. The first-order chi connectivity index (χ1) is 6.06. The van der Waals surface area contributed by atoms with Crippen molar-refractivity contribution in [1.29, 1.82) is 0 Å². The lowest BCUT2D eigenvalue weighted by molar-refractivity contribution is 0.206. The van der Waals surface area contributed by atoms with Crippen molar-refractivity contribution in [2.75, 3.05) is 13.2 Å². The first-order valence-corrected chi connectivity index (χ1v) is 6.72. The van der Waals surface area contributed by atoms with Crippen LogP contribution in [-0.4, -0.2) is 17.8 Å². The third-order valence-electron chi connectivity index (χ3n) is 1.19. The van der Waals surface area contributed by atoms with Crippen molar-refractivity contribution in [1.82, 2.24) is 0 Å². The van der Waals surface area contributed by atoms with Crippen molar-refractivity contribution in [3.05, 3.63) is 0 Å². The molecule has 0 aliphatic heterocycles. The molecule has 0 aromatic heterocycles. The molecule has 0 spiro atoms. The molecule has 3 nitrogen and oxygen atoms in total. The summed E-state index contributed by atoms with van der Waals surface area (Å²) in [5.74, 6) is 0. The van der Waals surface area contributed by atoms with E-state index in [2.05, 4.69) is 0 Å². The molecule has 0 aliphatic carbocycles. The van der Waals surface area contributed by atoms with Crippen LogP contribution in [0.15, 0.2) is 0 Å². The van der Waals surface area contributed by atoms with Gasteiger partial charge in [0.2, 0.25) is 4.58 Å². The normalized spacial score (nSPS) is 12.4. The van der Waals surface area contributed by atoms with Gasteiger partial charge in [0.1, 0.15) is 0 Å². The zero-order valence-corrected chi connectivity index (χ0v) is 10.2. The van der Waals surface area contributed by atoms with Gasteiger partial charge in [-0.2, -0.15) is 0 Å². The van der Waals surface area contributed by atoms with Crippen LogP contribution in [0.1, 0.15) is 26.7 Å². The molecule has 80 valence electrons. The van der Waals surface area contributed by atoms with Crippen molar-refractivity contribution in [3.8, 4) is 0 Å². The Labute approximate surface area is 89.2 Å². The molecule has 0 heterocycles. The van der Waals surface area contributed by atoms with Crippen molar-refractivity contribution in [3.63, 3.8) is 0 Å². The molecule has 0 aromatic rings. The second-order valence-corrected chi connectivity index (χ2v) is 6.30. The van der Waals surface area contributed by atoms with Crippen LogP contribution in [0.25, 0.3) is 0 Å². The highest BCUT2D eigenvalue weighted by Crippen LogP contribution is 2.56. The van der Waals surface area contributed by atoms with E-state index in [1.54, 1.807) is 0 Å². The van der Waals surface area contributed by atoms with Gasteiger partial charge in [-0.15, -0.1) is 0 Å². The lowest BCUT2D eigenvalue weighted by atomic mass is 10.5. The molecule has 13 heavy (non-hydrogen) atoms. The molecule has 0 saturated heterocycles. The summed E-state index contributed by atoms with van der Waals surface area (Å²) in [6.45, 7) is 4.50. The molecule has 0 fully saturated rings. The molecule has 0 atom stereocenters. The van der Waals surface area contributed by atoms with E-state index >= 15 is 0 Å². The Morgan fingerprint density at radius 1 is 1.15 bits per heavy atom. The van der Waals surface area contributed by atoms with Gasteiger partial charge in [-0.1, -0.05) is 37.0 Å². The minimum atomic E-state index is -3.29. The fraction of sp³-hybridized carbons (Fsp3) is 1.00. The molecule has 6 heteroatoms. The Bertz CT molecular complexity index is 163. The number of halogens is 2. The highest BCUT2D eigenvalue weighted by atomic mass is 35.5. The van der Waals surface area contributed by atoms with Gasteiger partial charge >= 0.3 is 7.60 Å². The first kappa shape index (κ1) is 13.7. The molecule has 0 unspecified atom stereocenters. The van der Waals surface area contributed by atoms with Crippen LogP contribution in [0.4, 0.5) is 0 Å². The maximum Gasteiger partial charge on any atom is 0.363 e. The molecule has 0 saturated carbocycles. The Balaban J connectivity index is 4.09. The predicted octanol–water partition coefficient (Wildman–Crippen LogP) is 3.79. The summed E-state index contributed by atoms with van der Waals surface area (Å²) < 4.78 is 20.6. The Morgan fingerprint density at radius 3 is 1.77 bits per heavy atom. The van der Waals surface area contributed by atoms with Crippen LogP contribution in [0, 0.1) is 0 Å². The standard InChI is InChI=1S/C7H15Cl2O3P/c1-3-5-11-13(10,7(8)9)12-6-4-2/h7H,3-6H2,1-2H3. The van der Waals surface area contributed by atoms with Crippen LogP contribution >= 0.6 is 30.8 Å². The zero-order valence-electron chi connectivity index (χ0n) is 7.83. The topological polar surface area (TPSA) is 35.5 Å². The summed E-state index contributed by atoms with van der Waals surface area (Å²) in [6.07, 6.45) is 1.50. The van der Waals surface area contributed by atoms with Gasteiger partial charge in [0.05, 0.1) is 13.2 Å². The quantitative estimate of drug-likeness (QED) is 0.508. The van der Waals surface area contributed by atoms with Crippen LogP contribution in [0.2, 0.25) is 0 Å². The largest absolute Gasteiger partial charge is 0.363 e. The van der Waals surface area contributed by atoms with Gasteiger partial charge in [0.15, 0.2) is 0 Å². The number of hydrogen-bond donors (Lipinski definition) is 0. The fourth-order valence-electron chi connectivity index (χ4n) is 0.587. The van der Waals surface area contributed by atoms with E-state index in [-0.39, 0.29) is 0 Å². The molecule has 0 N–H and O–H groups in total. The number of hydrogen-bond acceptors (Lipinski definition) is 3. The van der Waals surface area contributed by atoms with Crippen LogP contribution < -0.4 is 0 Å². The molecular weight excluding hydrogens is 234 g/mol. The van der Waals surface area contributed by atoms with Crippen LogP contribution in [0.5, 0.6) is 0 Å². The Kier molecular flexibility index (Phi) is 7.48. The summed E-state index contributed by atoms with van der Waals surface area (Å²) in [4.78, 5) is 0. The van der Waals surface area contributed by atoms with Gasteiger partial charge < -0.3 is 9.05 Å². The van der Waals surface area contributed by atoms with E-state index in [9.17, 15) is 4.57 Å². The second-order valence-electron chi connectivity index (χ2n) is 2.48. The maximum absolute atomic E-state index is 11.7. The van der Waals surface area contributed by atoms with E-state index in [4.69, 9.17) is 32.2 Å². The van der Waals surface area contributed by atoms with E-state index in [1.165, 1.54) is 0 Å². The molecule has 0 aliphatic rings. The number of rotatable bonds is 7. The molecule has 0 rings (SSSR count).